The summed E-state index contributed by atoms with van der Waals surface area (Å²) < 4.78 is 37.8. The molecule has 0 bridgehead atoms. The molecule has 2 heterocycles. The maximum absolute atomic E-state index is 12.6. The summed E-state index contributed by atoms with van der Waals surface area (Å²) in [5, 5.41) is 11.8. The molecule has 0 saturated carbocycles. The Balaban J connectivity index is 2.25. The van der Waals surface area contributed by atoms with Crippen LogP contribution in [0.5, 0.6) is 0 Å². The largest absolute Gasteiger partial charge is 0.433 e. The zero-order valence-corrected chi connectivity index (χ0v) is 10.3. The number of hydrogen-bond acceptors (Lipinski definition) is 4. The summed E-state index contributed by atoms with van der Waals surface area (Å²) in [5.41, 5.74) is -0.858. The number of anilines is 1. The topological polar surface area (TPSA) is 52.0 Å². The fourth-order valence-electron chi connectivity index (χ4n) is 2.06. The fraction of sp³-hybridized carbons (Fsp3) is 0.500. The van der Waals surface area contributed by atoms with Gasteiger partial charge in [-0.25, -0.2) is 4.98 Å². The number of likely N-dealkylation sites (tertiary alicyclic amines) is 1. The standard InChI is InChI=1S/C12H13F3N4/c1-19-5-4-9(7-19)17-11-8(6-16)2-3-10(18-11)12(13,14)15/h2-3,9H,4-5,7H2,1H3,(H,17,18). The summed E-state index contributed by atoms with van der Waals surface area (Å²) in [6, 6.07) is 3.85. The van der Waals surface area contributed by atoms with Crippen LogP contribution >= 0.6 is 0 Å². The maximum Gasteiger partial charge on any atom is 0.433 e. The van der Waals surface area contributed by atoms with Gasteiger partial charge in [-0.05, 0) is 32.1 Å². The van der Waals surface area contributed by atoms with Crippen LogP contribution in [0.3, 0.4) is 0 Å². The van der Waals surface area contributed by atoms with Crippen molar-refractivity contribution >= 4 is 5.82 Å². The van der Waals surface area contributed by atoms with Crippen LogP contribution in [0, 0.1) is 11.3 Å². The van der Waals surface area contributed by atoms with Crippen LogP contribution in [0.4, 0.5) is 19.0 Å². The second kappa shape index (κ2) is 5.05. The van der Waals surface area contributed by atoms with Crippen molar-refractivity contribution in [2.75, 3.05) is 25.5 Å². The molecule has 0 radical (unpaired) electrons. The highest BCUT2D eigenvalue weighted by atomic mass is 19.4. The van der Waals surface area contributed by atoms with Gasteiger partial charge in [-0.2, -0.15) is 18.4 Å². The van der Waals surface area contributed by atoms with Crippen molar-refractivity contribution in [3.8, 4) is 6.07 Å². The SMILES string of the molecule is CN1CCC(Nc2nc(C(F)(F)F)ccc2C#N)C1. The van der Waals surface area contributed by atoms with Crippen LogP contribution in [0.1, 0.15) is 17.7 Å². The van der Waals surface area contributed by atoms with Gasteiger partial charge >= 0.3 is 6.18 Å². The van der Waals surface area contributed by atoms with Crippen LogP contribution < -0.4 is 5.32 Å². The van der Waals surface area contributed by atoms with Gasteiger partial charge in [0, 0.05) is 12.6 Å². The van der Waals surface area contributed by atoms with E-state index >= 15 is 0 Å². The molecule has 19 heavy (non-hydrogen) atoms. The molecule has 1 unspecified atom stereocenters. The van der Waals surface area contributed by atoms with E-state index in [0.717, 1.165) is 31.6 Å². The predicted octanol–water partition coefficient (Wildman–Crippen LogP) is 2.09. The van der Waals surface area contributed by atoms with Crippen LogP contribution in [0.15, 0.2) is 12.1 Å². The third-order valence-corrected chi connectivity index (χ3v) is 3.04. The van der Waals surface area contributed by atoms with E-state index < -0.39 is 11.9 Å². The quantitative estimate of drug-likeness (QED) is 0.894. The van der Waals surface area contributed by atoms with Gasteiger partial charge in [0.05, 0.1) is 5.56 Å². The Bertz CT molecular complexity index is 507. The van der Waals surface area contributed by atoms with Gasteiger partial charge in [0.1, 0.15) is 17.6 Å². The normalized spacial score (nSPS) is 20.3. The number of aromatic nitrogens is 1. The number of nitriles is 1. The van der Waals surface area contributed by atoms with E-state index in [4.69, 9.17) is 5.26 Å². The summed E-state index contributed by atoms with van der Waals surface area (Å²) in [5.74, 6) is 0.0117. The highest BCUT2D eigenvalue weighted by Crippen LogP contribution is 2.29. The lowest BCUT2D eigenvalue weighted by atomic mass is 10.2. The molecular weight excluding hydrogens is 257 g/mol. The first-order valence-electron chi connectivity index (χ1n) is 5.83. The first-order chi connectivity index (χ1) is 8.90. The van der Waals surface area contributed by atoms with Gasteiger partial charge in [0.2, 0.25) is 0 Å². The number of nitrogens with zero attached hydrogens (tertiary/aromatic N) is 3. The molecule has 0 aliphatic carbocycles. The Morgan fingerprint density at radius 2 is 2.21 bits per heavy atom. The molecule has 1 aromatic rings. The van der Waals surface area contributed by atoms with E-state index in [0.29, 0.717) is 0 Å². The third-order valence-electron chi connectivity index (χ3n) is 3.04. The molecule has 1 aromatic heterocycles. The van der Waals surface area contributed by atoms with Crippen molar-refractivity contribution in [3.05, 3.63) is 23.4 Å². The van der Waals surface area contributed by atoms with Crippen LogP contribution in [0.25, 0.3) is 0 Å². The summed E-state index contributed by atoms with van der Waals surface area (Å²) in [4.78, 5) is 5.59. The lowest BCUT2D eigenvalue weighted by Crippen LogP contribution is -2.25. The number of rotatable bonds is 2. The zero-order chi connectivity index (χ0) is 14.0. The van der Waals surface area contributed by atoms with Crippen LogP contribution in [-0.2, 0) is 6.18 Å². The highest BCUT2D eigenvalue weighted by Gasteiger charge is 2.33. The number of hydrogen-bond donors (Lipinski definition) is 1. The van der Waals surface area contributed by atoms with E-state index in [9.17, 15) is 13.2 Å². The van der Waals surface area contributed by atoms with Crippen LogP contribution in [-0.4, -0.2) is 36.1 Å². The minimum Gasteiger partial charge on any atom is -0.365 e. The van der Waals surface area contributed by atoms with E-state index in [1.165, 1.54) is 0 Å². The molecule has 1 fully saturated rings. The number of nitrogens with one attached hydrogen (secondary N) is 1. The van der Waals surface area contributed by atoms with Crippen molar-refractivity contribution in [3.63, 3.8) is 0 Å². The first kappa shape index (κ1) is 13.6. The van der Waals surface area contributed by atoms with Crippen molar-refractivity contribution in [1.29, 1.82) is 5.26 Å². The van der Waals surface area contributed by atoms with Crippen molar-refractivity contribution in [2.45, 2.75) is 18.6 Å². The molecule has 7 heteroatoms. The molecule has 0 amide bonds. The van der Waals surface area contributed by atoms with Gasteiger partial charge in [0.15, 0.2) is 0 Å². The lowest BCUT2D eigenvalue weighted by molar-refractivity contribution is -0.141. The fourth-order valence-corrected chi connectivity index (χ4v) is 2.06. The van der Waals surface area contributed by atoms with E-state index in [1.807, 2.05) is 13.1 Å². The van der Waals surface area contributed by atoms with E-state index in [-0.39, 0.29) is 17.4 Å². The second-order valence-corrected chi connectivity index (χ2v) is 4.59. The Morgan fingerprint density at radius 3 is 2.74 bits per heavy atom. The Kier molecular flexibility index (Phi) is 3.62. The minimum absolute atomic E-state index is 0.0117. The van der Waals surface area contributed by atoms with Gasteiger partial charge < -0.3 is 10.2 Å². The Labute approximate surface area is 108 Å². The van der Waals surface area contributed by atoms with Gasteiger partial charge in [-0.15, -0.1) is 0 Å². The predicted molar refractivity (Wildman–Crippen MR) is 63.5 cm³/mol. The molecule has 1 aliphatic rings. The zero-order valence-electron chi connectivity index (χ0n) is 10.3. The van der Waals surface area contributed by atoms with Gasteiger partial charge in [-0.1, -0.05) is 0 Å². The number of alkyl halides is 3. The minimum atomic E-state index is -4.50. The molecule has 102 valence electrons. The highest BCUT2D eigenvalue weighted by molar-refractivity contribution is 5.53. The molecule has 1 atom stereocenters. The summed E-state index contributed by atoms with van der Waals surface area (Å²) in [6.45, 7) is 1.60. The van der Waals surface area contributed by atoms with Crippen molar-refractivity contribution in [1.82, 2.24) is 9.88 Å². The average molecular weight is 270 g/mol. The van der Waals surface area contributed by atoms with Crippen LogP contribution in [0.2, 0.25) is 0 Å². The second-order valence-electron chi connectivity index (χ2n) is 4.59. The summed E-state index contributed by atoms with van der Waals surface area (Å²) in [6.07, 6.45) is -3.68. The lowest BCUT2D eigenvalue weighted by Gasteiger charge is -2.16. The average Bonchev–Trinajstić information content (AvgIpc) is 2.73. The molecule has 1 aliphatic heterocycles. The van der Waals surface area contributed by atoms with Gasteiger partial charge in [-0.3, -0.25) is 0 Å². The molecule has 1 saturated heterocycles. The maximum atomic E-state index is 12.6. The van der Waals surface area contributed by atoms with E-state index in [2.05, 4.69) is 15.2 Å². The Hall–Kier alpha value is -1.81. The number of halogens is 3. The molecule has 1 N–H and O–H groups in total. The number of likely N-dealkylation sites (N-methyl/N-ethyl adjacent to an activating group) is 1. The third kappa shape index (κ3) is 3.15. The monoisotopic (exact) mass is 270 g/mol. The molecule has 0 spiro atoms. The molecule has 2 rings (SSSR count). The summed E-state index contributed by atoms with van der Waals surface area (Å²) >= 11 is 0. The molecule has 0 aromatic carbocycles. The van der Waals surface area contributed by atoms with E-state index in [1.54, 1.807) is 0 Å². The Morgan fingerprint density at radius 1 is 1.47 bits per heavy atom. The van der Waals surface area contributed by atoms with Gasteiger partial charge in [0.25, 0.3) is 0 Å². The smallest absolute Gasteiger partial charge is 0.365 e. The molecular formula is C12H13F3N4. The van der Waals surface area contributed by atoms with Crippen molar-refractivity contribution in [2.24, 2.45) is 0 Å². The number of pyridine rings is 1. The first-order valence-corrected chi connectivity index (χ1v) is 5.83. The summed E-state index contributed by atoms with van der Waals surface area (Å²) in [7, 11) is 1.94. The van der Waals surface area contributed by atoms with Crippen molar-refractivity contribution < 1.29 is 13.2 Å². The molecule has 4 nitrogen and oxygen atoms in total.